The van der Waals surface area contributed by atoms with E-state index in [9.17, 15) is 9.50 Å². The van der Waals surface area contributed by atoms with Crippen LogP contribution >= 0.6 is 0 Å². The second kappa shape index (κ2) is 6.43. The Balaban J connectivity index is 1.47. The average Bonchev–Trinajstić information content (AvgIpc) is 3.21. The van der Waals surface area contributed by atoms with E-state index in [2.05, 4.69) is 21.6 Å². The van der Waals surface area contributed by atoms with Gasteiger partial charge in [-0.25, -0.2) is 4.39 Å². The predicted molar refractivity (Wildman–Crippen MR) is 94.3 cm³/mol. The number of halogens is 1. The van der Waals surface area contributed by atoms with Crippen molar-refractivity contribution in [3.63, 3.8) is 0 Å². The zero-order valence-corrected chi connectivity index (χ0v) is 13.8. The first-order valence-electron chi connectivity index (χ1n) is 8.46. The van der Waals surface area contributed by atoms with E-state index in [1.54, 1.807) is 24.4 Å². The van der Waals surface area contributed by atoms with Gasteiger partial charge in [0.1, 0.15) is 11.4 Å². The van der Waals surface area contributed by atoms with E-state index in [4.69, 9.17) is 0 Å². The molecule has 1 unspecified atom stereocenters. The van der Waals surface area contributed by atoms with Gasteiger partial charge >= 0.3 is 0 Å². The SMILES string of the molecule is OC1(CNCc2cn[nH]c2-c2ccccc2F)CCc2ccccc21. The number of nitrogens with one attached hydrogen (secondary N) is 2. The van der Waals surface area contributed by atoms with Crippen LogP contribution in [-0.4, -0.2) is 21.8 Å². The third kappa shape index (κ3) is 2.97. The molecule has 0 radical (unpaired) electrons. The molecule has 0 fully saturated rings. The van der Waals surface area contributed by atoms with Crippen LogP contribution in [0.5, 0.6) is 0 Å². The van der Waals surface area contributed by atoms with Gasteiger partial charge in [-0.1, -0.05) is 36.4 Å². The highest BCUT2D eigenvalue weighted by Gasteiger charge is 2.35. The number of fused-ring (bicyclic) bond motifs is 1. The van der Waals surface area contributed by atoms with Crippen LogP contribution in [-0.2, 0) is 18.6 Å². The number of aromatic amines is 1. The molecule has 0 spiro atoms. The third-order valence-electron chi connectivity index (χ3n) is 4.92. The Bertz CT molecular complexity index is 892. The molecule has 1 heterocycles. The van der Waals surface area contributed by atoms with Crippen LogP contribution in [0.25, 0.3) is 11.3 Å². The van der Waals surface area contributed by atoms with Crippen LogP contribution in [0.15, 0.2) is 54.7 Å². The van der Waals surface area contributed by atoms with Gasteiger partial charge in [-0.3, -0.25) is 5.10 Å². The molecule has 1 aliphatic carbocycles. The largest absolute Gasteiger partial charge is 0.384 e. The van der Waals surface area contributed by atoms with Crippen LogP contribution in [0, 0.1) is 5.82 Å². The van der Waals surface area contributed by atoms with E-state index in [1.165, 1.54) is 11.6 Å². The number of hydrogen-bond acceptors (Lipinski definition) is 3. The summed E-state index contributed by atoms with van der Waals surface area (Å²) in [6.45, 7) is 0.955. The zero-order chi connectivity index (χ0) is 17.3. The summed E-state index contributed by atoms with van der Waals surface area (Å²) in [5.41, 5.74) is 3.41. The Morgan fingerprint density at radius 1 is 1.16 bits per heavy atom. The lowest BCUT2D eigenvalue weighted by Crippen LogP contribution is -2.36. The fraction of sp³-hybridized carbons (Fsp3) is 0.250. The first kappa shape index (κ1) is 16.0. The van der Waals surface area contributed by atoms with Gasteiger partial charge < -0.3 is 10.4 Å². The number of H-pyrrole nitrogens is 1. The van der Waals surface area contributed by atoms with Crippen LogP contribution in [0.1, 0.15) is 23.1 Å². The third-order valence-corrected chi connectivity index (χ3v) is 4.92. The second-order valence-corrected chi connectivity index (χ2v) is 6.54. The van der Waals surface area contributed by atoms with E-state index in [0.717, 1.165) is 17.5 Å². The number of benzene rings is 2. The Morgan fingerprint density at radius 2 is 1.96 bits per heavy atom. The molecule has 3 aromatic rings. The highest BCUT2D eigenvalue weighted by Crippen LogP contribution is 2.36. The van der Waals surface area contributed by atoms with Crippen LogP contribution in [0.2, 0.25) is 0 Å². The fourth-order valence-corrected chi connectivity index (χ4v) is 3.60. The van der Waals surface area contributed by atoms with Gasteiger partial charge in [-0.15, -0.1) is 0 Å². The van der Waals surface area contributed by atoms with Crippen LogP contribution in [0.4, 0.5) is 4.39 Å². The highest BCUT2D eigenvalue weighted by molar-refractivity contribution is 5.63. The molecule has 1 aliphatic rings. The van der Waals surface area contributed by atoms with Gasteiger partial charge in [0.25, 0.3) is 0 Å². The van der Waals surface area contributed by atoms with Crippen molar-refractivity contribution >= 4 is 0 Å². The van der Waals surface area contributed by atoms with Crippen molar-refractivity contribution in [2.24, 2.45) is 0 Å². The van der Waals surface area contributed by atoms with Gasteiger partial charge in [0.05, 0.1) is 11.9 Å². The van der Waals surface area contributed by atoms with Crippen molar-refractivity contribution in [2.75, 3.05) is 6.54 Å². The zero-order valence-electron chi connectivity index (χ0n) is 13.8. The molecule has 4 rings (SSSR count). The molecule has 1 atom stereocenters. The van der Waals surface area contributed by atoms with E-state index in [1.807, 2.05) is 18.2 Å². The second-order valence-electron chi connectivity index (χ2n) is 6.54. The maximum Gasteiger partial charge on any atom is 0.132 e. The molecule has 5 heteroatoms. The van der Waals surface area contributed by atoms with Crippen LogP contribution < -0.4 is 5.32 Å². The monoisotopic (exact) mass is 337 g/mol. The van der Waals surface area contributed by atoms with Crippen molar-refractivity contribution in [1.82, 2.24) is 15.5 Å². The molecule has 0 aliphatic heterocycles. The summed E-state index contributed by atoms with van der Waals surface area (Å²) < 4.78 is 14.0. The lowest BCUT2D eigenvalue weighted by Gasteiger charge is -2.24. The number of nitrogens with zero attached hydrogens (tertiary/aromatic N) is 1. The molecule has 128 valence electrons. The Kier molecular flexibility index (Phi) is 4.11. The topological polar surface area (TPSA) is 60.9 Å². The normalized spacial score (nSPS) is 19.1. The molecule has 3 N–H and O–H groups in total. The summed E-state index contributed by atoms with van der Waals surface area (Å²) in [6, 6.07) is 14.7. The summed E-state index contributed by atoms with van der Waals surface area (Å²) in [7, 11) is 0. The first-order chi connectivity index (χ1) is 12.2. The number of aryl methyl sites for hydroxylation is 1. The van der Waals surface area contributed by atoms with Crippen molar-refractivity contribution in [3.8, 4) is 11.3 Å². The van der Waals surface area contributed by atoms with Crippen molar-refractivity contribution < 1.29 is 9.50 Å². The fourth-order valence-electron chi connectivity index (χ4n) is 3.60. The van der Waals surface area contributed by atoms with E-state index >= 15 is 0 Å². The molecule has 0 bridgehead atoms. The molecule has 0 amide bonds. The van der Waals surface area contributed by atoms with Crippen LogP contribution in [0.3, 0.4) is 0 Å². The number of aliphatic hydroxyl groups is 1. The number of aromatic nitrogens is 2. The molecule has 0 saturated heterocycles. The van der Waals surface area contributed by atoms with E-state index in [0.29, 0.717) is 30.8 Å². The van der Waals surface area contributed by atoms with Crippen molar-refractivity contribution in [2.45, 2.75) is 25.0 Å². The maximum atomic E-state index is 14.0. The first-order valence-corrected chi connectivity index (χ1v) is 8.46. The Hall–Kier alpha value is -2.50. The molecular weight excluding hydrogens is 317 g/mol. The predicted octanol–water partition coefficient (Wildman–Crippen LogP) is 3.14. The summed E-state index contributed by atoms with van der Waals surface area (Å²) >= 11 is 0. The van der Waals surface area contributed by atoms with Crippen molar-refractivity contribution in [1.29, 1.82) is 0 Å². The number of rotatable bonds is 5. The lowest BCUT2D eigenvalue weighted by atomic mass is 9.96. The van der Waals surface area contributed by atoms with Gasteiger partial charge in [0.2, 0.25) is 0 Å². The smallest absolute Gasteiger partial charge is 0.132 e. The average molecular weight is 337 g/mol. The lowest BCUT2D eigenvalue weighted by molar-refractivity contribution is 0.0384. The molecule has 4 nitrogen and oxygen atoms in total. The Morgan fingerprint density at radius 3 is 2.84 bits per heavy atom. The minimum atomic E-state index is -0.849. The molecule has 25 heavy (non-hydrogen) atoms. The quantitative estimate of drug-likeness (QED) is 0.670. The molecular formula is C20H20FN3O. The van der Waals surface area contributed by atoms with Gasteiger partial charge in [0, 0.05) is 24.2 Å². The Labute approximate surface area is 145 Å². The minimum absolute atomic E-state index is 0.281. The maximum absolute atomic E-state index is 14.0. The standard InChI is InChI=1S/C20H20FN3O/c21-18-8-4-2-6-16(18)19-15(12-23-24-19)11-22-13-20(25)10-9-14-5-1-3-7-17(14)20/h1-8,12,22,25H,9-11,13H2,(H,23,24). The summed E-state index contributed by atoms with van der Waals surface area (Å²) in [4.78, 5) is 0. The summed E-state index contributed by atoms with van der Waals surface area (Å²) in [5, 5.41) is 21.2. The van der Waals surface area contributed by atoms with Gasteiger partial charge in [0.15, 0.2) is 0 Å². The van der Waals surface area contributed by atoms with E-state index < -0.39 is 5.60 Å². The molecule has 0 saturated carbocycles. The highest BCUT2D eigenvalue weighted by atomic mass is 19.1. The number of hydrogen-bond donors (Lipinski definition) is 3. The minimum Gasteiger partial charge on any atom is -0.384 e. The van der Waals surface area contributed by atoms with Crippen molar-refractivity contribution in [3.05, 3.63) is 77.2 Å². The summed E-state index contributed by atoms with van der Waals surface area (Å²) in [5.74, 6) is -0.281. The van der Waals surface area contributed by atoms with Gasteiger partial charge in [-0.05, 0) is 36.1 Å². The summed E-state index contributed by atoms with van der Waals surface area (Å²) in [6.07, 6.45) is 3.30. The van der Waals surface area contributed by atoms with Gasteiger partial charge in [-0.2, -0.15) is 5.10 Å². The molecule has 2 aromatic carbocycles. The molecule has 1 aromatic heterocycles. The van der Waals surface area contributed by atoms with E-state index in [-0.39, 0.29) is 5.82 Å².